The third-order valence-corrected chi connectivity index (χ3v) is 4.90. The van der Waals surface area contributed by atoms with Crippen LogP contribution in [0.4, 0.5) is 5.69 Å². The Morgan fingerprint density at radius 1 is 1.03 bits per heavy atom. The molecular formula is C24H30N4O2. The van der Waals surface area contributed by atoms with Gasteiger partial charge in [-0.3, -0.25) is 4.79 Å². The van der Waals surface area contributed by atoms with Crippen LogP contribution in [-0.4, -0.2) is 27.3 Å². The molecule has 0 atom stereocenters. The maximum atomic E-state index is 12.1. The summed E-state index contributed by atoms with van der Waals surface area (Å²) in [5, 5.41) is 7.50. The molecular weight excluding hydrogens is 376 g/mol. The molecule has 0 bridgehead atoms. The molecule has 3 rings (SSSR count). The van der Waals surface area contributed by atoms with E-state index in [1.165, 1.54) is 12.8 Å². The molecule has 0 spiro atoms. The highest BCUT2D eigenvalue weighted by Gasteiger charge is 2.16. The van der Waals surface area contributed by atoms with Crippen molar-refractivity contribution in [1.82, 2.24) is 14.8 Å². The van der Waals surface area contributed by atoms with Crippen molar-refractivity contribution < 1.29 is 9.53 Å². The average Bonchev–Trinajstić information content (AvgIpc) is 3.16. The summed E-state index contributed by atoms with van der Waals surface area (Å²) in [7, 11) is 0. The van der Waals surface area contributed by atoms with Gasteiger partial charge in [0.05, 0.1) is 12.3 Å². The zero-order valence-electron chi connectivity index (χ0n) is 18.0. The third kappa shape index (κ3) is 5.47. The number of aromatic nitrogens is 3. The summed E-state index contributed by atoms with van der Waals surface area (Å²) in [5.74, 6) is 0.781. The summed E-state index contributed by atoms with van der Waals surface area (Å²) in [4.78, 5) is 16.7. The summed E-state index contributed by atoms with van der Waals surface area (Å²) in [6, 6.07) is 16.1. The van der Waals surface area contributed by atoms with E-state index in [0.29, 0.717) is 19.0 Å². The number of carbonyl (C=O) groups excluding carboxylic acids is 1. The summed E-state index contributed by atoms with van der Waals surface area (Å²) in [6.07, 6.45) is 4.92. The normalized spacial score (nSPS) is 10.8. The average molecular weight is 407 g/mol. The van der Waals surface area contributed by atoms with Gasteiger partial charge in [0, 0.05) is 17.7 Å². The molecule has 0 aliphatic heterocycles. The van der Waals surface area contributed by atoms with E-state index in [2.05, 4.69) is 22.3 Å². The van der Waals surface area contributed by atoms with Crippen molar-refractivity contribution in [2.75, 3.05) is 11.9 Å². The van der Waals surface area contributed by atoms with E-state index in [1.807, 2.05) is 62.4 Å². The van der Waals surface area contributed by atoms with Gasteiger partial charge in [-0.05, 0) is 50.1 Å². The molecule has 30 heavy (non-hydrogen) atoms. The second-order valence-corrected chi connectivity index (χ2v) is 7.28. The molecule has 0 saturated carbocycles. The number of aryl methyl sites for hydroxylation is 1. The number of benzene rings is 2. The highest BCUT2D eigenvalue weighted by molar-refractivity contribution is 5.90. The predicted molar refractivity (Wildman–Crippen MR) is 120 cm³/mol. The number of rotatable bonds is 10. The lowest BCUT2D eigenvalue weighted by molar-refractivity contribution is -0.116. The number of unbranched alkanes of at least 4 members (excludes halogenated alkanes) is 3. The standard InChI is InChI=1S/C24H30N4O2/c1-4-6-7-8-13-22(29)25-19-14-16-20(17-15-19)28-23(26-24(27-28)30-5-2)21-12-10-9-11-18(21)3/h9-12,14-17H,4-8,13H2,1-3H3,(H,25,29). The van der Waals surface area contributed by atoms with Gasteiger partial charge < -0.3 is 10.1 Å². The van der Waals surface area contributed by atoms with Crippen molar-refractivity contribution in [3.05, 3.63) is 54.1 Å². The zero-order chi connectivity index (χ0) is 21.3. The molecule has 0 aliphatic rings. The number of amides is 1. The van der Waals surface area contributed by atoms with Gasteiger partial charge in [0.1, 0.15) is 0 Å². The van der Waals surface area contributed by atoms with Crippen LogP contribution in [0, 0.1) is 6.92 Å². The second-order valence-electron chi connectivity index (χ2n) is 7.28. The molecule has 158 valence electrons. The maximum Gasteiger partial charge on any atom is 0.336 e. The van der Waals surface area contributed by atoms with Crippen LogP contribution in [0.2, 0.25) is 0 Å². The fourth-order valence-electron chi connectivity index (χ4n) is 3.28. The van der Waals surface area contributed by atoms with Crippen LogP contribution in [-0.2, 0) is 4.79 Å². The lowest BCUT2D eigenvalue weighted by Crippen LogP contribution is -2.11. The minimum absolute atomic E-state index is 0.0545. The first kappa shape index (κ1) is 21.6. The molecule has 0 aliphatic carbocycles. The van der Waals surface area contributed by atoms with Gasteiger partial charge in [-0.2, -0.15) is 4.98 Å². The summed E-state index contributed by atoms with van der Waals surface area (Å²) < 4.78 is 7.32. The molecule has 1 N–H and O–H groups in total. The topological polar surface area (TPSA) is 69.0 Å². The van der Waals surface area contributed by atoms with Gasteiger partial charge in [-0.1, -0.05) is 50.5 Å². The minimum atomic E-state index is 0.0545. The number of nitrogens with zero attached hydrogens (tertiary/aromatic N) is 3. The van der Waals surface area contributed by atoms with Crippen molar-refractivity contribution in [3.8, 4) is 23.1 Å². The van der Waals surface area contributed by atoms with Crippen molar-refractivity contribution in [2.24, 2.45) is 0 Å². The second kappa shape index (κ2) is 10.6. The van der Waals surface area contributed by atoms with E-state index < -0.39 is 0 Å². The Morgan fingerprint density at radius 3 is 2.50 bits per heavy atom. The van der Waals surface area contributed by atoms with Gasteiger partial charge in [0.25, 0.3) is 0 Å². The van der Waals surface area contributed by atoms with Crippen molar-refractivity contribution in [1.29, 1.82) is 0 Å². The Labute approximate surface area is 178 Å². The monoisotopic (exact) mass is 406 g/mol. The maximum absolute atomic E-state index is 12.1. The molecule has 0 saturated heterocycles. The molecule has 6 nitrogen and oxygen atoms in total. The largest absolute Gasteiger partial charge is 0.463 e. The number of ether oxygens (including phenoxy) is 1. The number of carbonyl (C=O) groups is 1. The van der Waals surface area contributed by atoms with E-state index >= 15 is 0 Å². The summed E-state index contributed by atoms with van der Waals surface area (Å²) in [6.45, 7) is 6.63. The Kier molecular flexibility index (Phi) is 7.60. The zero-order valence-corrected chi connectivity index (χ0v) is 18.0. The number of anilines is 1. The first-order chi connectivity index (χ1) is 14.6. The van der Waals surface area contributed by atoms with Crippen LogP contribution in [0.5, 0.6) is 6.01 Å². The summed E-state index contributed by atoms with van der Waals surface area (Å²) >= 11 is 0. The molecule has 2 aromatic carbocycles. The van der Waals surface area contributed by atoms with Gasteiger partial charge in [-0.25, -0.2) is 4.68 Å². The molecule has 0 fully saturated rings. The molecule has 0 radical (unpaired) electrons. The smallest absolute Gasteiger partial charge is 0.336 e. The number of hydrogen-bond acceptors (Lipinski definition) is 4. The highest BCUT2D eigenvalue weighted by Crippen LogP contribution is 2.26. The summed E-state index contributed by atoms with van der Waals surface area (Å²) in [5.41, 5.74) is 3.75. The van der Waals surface area contributed by atoms with Crippen molar-refractivity contribution in [2.45, 2.75) is 52.9 Å². The fourth-order valence-corrected chi connectivity index (χ4v) is 3.28. The van der Waals surface area contributed by atoms with Crippen LogP contribution in [0.15, 0.2) is 48.5 Å². The molecule has 3 aromatic rings. The Morgan fingerprint density at radius 2 is 1.80 bits per heavy atom. The Balaban J connectivity index is 1.79. The van der Waals surface area contributed by atoms with E-state index in [9.17, 15) is 4.79 Å². The third-order valence-electron chi connectivity index (χ3n) is 4.90. The van der Waals surface area contributed by atoms with Crippen LogP contribution in [0.25, 0.3) is 17.1 Å². The number of hydrogen-bond donors (Lipinski definition) is 1. The minimum Gasteiger partial charge on any atom is -0.463 e. The van der Waals surface area contributed by atoms with Crippen molar-refractivity contribution in [3.63, 3.8) is 0 Å². The quantitative estimate of drug-likeness (QED) is 0.448. The van der Waals surface area contributed by atoms with Crippen LogP contribution in [0.3, 0.4) is 0 Å². The van der Waals surface area contributed by atoms with Crippen molar-refractivity contribution >= 4 is 11.6 Å². The predicted octanol–water partition coefficient (Wildman–Crippen LogP) is 5.55. The lowest BCUT2D eigenvalue weighted by atomic mass is 10.1. The first-order valence-corrected chi connectivity index (χ1v) is 10.7. The van der Waals surface area contributed by atoms with E-state index in [4.69, 9.17) is 4.74 Å². The number of nitrogens with one attached hydrogen (secondary N) is 1. The van der Waals surface area contributed by atoms with Gasteiger partial charge in [-0.15, -0.1) is 5.10 Å². The molecule has 6 heteroatoms. The van der Waals surface area contributed by atoms with Gasteiger partial charge in [0.15, 0.2) is 5.82 Å². The highest BCUT2D eigenvalue weighted by atomic mass is 16.5. The van der Waals surface area contributed by atoms with E-state index in [0.717, 1.165) is 41.2 Å². The lowest BCUT2D eigenvalue weighted by Gasteiger charge is -2.09. The Hall–Kier alpha value is -3.15. The molecule has 1 aromatic heterocycles. The SMILES string of the molecule is CCCCCCC(=O)Nc1ccc(-n2nc(OCC)nc2-c2ccccc2C)cc1. The first-order valence-electron chi connectivity index (χ1n) is 10.7. The van der Waals surface area contributed by atoms with Crippen LogP contribution in [0.1, 0.15) is 51.5 Å². The van der Waals surface area contributed by atoms with Gasteiger partial charge >= 0.3 is 6.01 Å². The van der Waals surface area contributed by atoms with E-state index in [1.54, 1.807) is 4.68 Å². The molecule has 1 heterocycles. The van der Waals surface area contributed by atoms with Gasteiger partial charge in [0.2, 0.25) is 5.91 Å². The fraction of sp³-hybridized carbons (Fsp3) is 0.375. The molecule has 1 amide bonds. The Bertz CT molecular complexity index is 964. The van der Waals surface area contributed by atoms with Crippen LogP contribution < -0.4 is 10.1 Å². The van der Waals surface area contributed by atoms with E-state index in [-0.39, 0.29) is 5.91 Å². The molecule has 0 unspecified atom stereocenters. The van der Waals surface area contributed by atoms with Crippen LogP contribution >= 0.6 is 0 Å².